The summed E-state index contributed by atoms with van der Waals surface area (Å²) in [7, 11) is 0. The quantitative estimate of drug-likeness (QED) is 0.129. The molecule has 0 unspecified atom stereocenters. The fourth-order valence-electron chi connectivity index (χ4n) is 5.38. The molecule has 6 rings (SSSR count). The summed E-state index contributed by atoms with van der Waals surface area (Å²) in [6, 6.07) is 27.6. The molecular weight excluding hydrogens is 860 g/mol. The van der Waals surface area contributed by atoms with Gasteiger partial charge in [0.1, 0.15) is 11.5 Å². The second-order valence-corrected chi connectivity index (χ2v) is 14.2. The van der Waals surface area contributed by atoms with Crippen LogP contribution in [0.5, 0.6) is 0 Å². The van der Waals surface area contributed by atoms with E-state index in [2.05, 4.69) is 172 Å². The van der Waals surface area contributed by atoms with Gasteiger partial charge in [-0.15, -0.1) is 18.4 Å². The maximum atomic E-state index is 4.57. The summed E-state index contributed by atoms with van der Waals surface area (Å²) >= 11 is 0. The van der Waals surface area contributed by atoms with E-state index in [1.165, 1.54) is 11.1 Å². The fourth-order valence-corrected chi connectivity index (χ4v) is 5.38. The number of nitrogens with zero attached hydrogens (tertiary/aromatic N) is 6. The van der Waals surface area contributed by atoms with Gasteiger partial charge in [-0.2, -0.15) is 28.3 Å². The summed E-state index contributed by atoms with van der Waals surface area (Å²) in [6.07, 6.45) is 5.84. The molecule has 0 spiro atoms. The van der Waals surface area contributed by atoms with E-state index in [0.29, 0.717) is 12.1 Å². The Morgan fingerprint density at radius 1 is 0.783 bits per heavy atom. The number of anilines is 3. The molecule has 0 saturated heterocycles. The third-order valence-electron chi connectivity index (χ3n) is 8.07. The van der Waals surface area contributed by atoms with Crippen LogP contribution in [-0.2, 0) is 30.9 Å². The maximum Gasteiger partial charge on any atom is 0.273 e. The number of rotatable bonds is 4. The molecule has 1 aliphatic heterocycles. The van der Waals surface area contributed by atoms with Crippen LogP contribution in [0.4, 0.5) is 17.2 Å². The smallest absolute Gasteiger partial charge is 0.273 e. The number of aromatic nitrogens is 4. The molecule has 0 saturated carbocycles. The van der Waals surface area contributed by atoms with Gasteiger partial charge < -0.3 is 33.8 Å². The predicted molar refractivity (Wildman–Crippen MR) is 183 cm³/mol. The van der Waals surface area contributed by atoms with Gasteiger partial charge in [0.2, 0.25) is 0 Å². The van der Waals surface area contributed by atoms with Gasteiger partial charge in [0, 0.05) is 38.2 Å². The number of benzene rings is 2. The molecular formula is C38H47IIrN6-2. The molecule has 0 aliphatic carbocycles. The van der Waals surface area contributed by atoms with E-state index in [0.717, 1.165) is 34.0 Å². The van der Waals surface area contributed by atoms with Crippen molar-refractivity contribution in [3.63, 3.8) is 0 Å². The zero-order chi connectivity index (χ0) is 31.8. The van der Waals surface area contributed by atoms with Crippen LogP contribution >= 0.6 is 0 Å². The van der Waals surface area contributed by atoms with Gasteiger partial charge in [-0.3, -0.25) is 0 Å². The Bertz CT molecular complexity index is 1710. The van der Waals surface area contributed by atoms with Crippen molar-refractivity contribution in [2.45, 2.75) is 92.2 Å². The number of hydrogen-bond donors (Lipinski definition) is 0. The van der Waals surface area contributed by atoms with Gasteiger partial charge in [-0.25, -0.2) is 14.5 Å². The molecule has 0 atom stereocenters. The normalized spacial score (nSPS) is 12.9. The van der Waals surface area contributed by atoms with Crippen molar-refractivity contribution in [2.75, 3.05) is 9.80 Å². The maximum absolute atomic E-state index is 4.57. The fraction of sp³-hybridized carbons (Fsp3) is 0.368. The second-order valence-electron chi connectivity index (χ2n) is 14.2. The van der Waals surface area contributed by atoms with Crippen LogP contribution in [0.1, 0.15) is 86.4 Å². The van der Waals surface area contributed by atoms with Crippen LogP contribution in [0.2, 0.25) is 0 Å². The number of imidazole rings is 1. The third-order valence-corrected chi connectivity index (χ3v) is 8.07. The zero-order valence-corrected chi connectivity index (χ0v) is 33.3. The van der Waals surface area contributed by atoms with Crippen molar-refractivity contribution < 1.29 is 48.6 Å². The van der Waals surface area contributed by atoms with Crippen molar-refractivity contribution in [2.24, 2.45) is 0 Å². The van der Waals surface area contributed by atoms with E-state index in [1.807, 2.05) is 24.5 Å². The minimum Gasteiger partial charge on any atom is -1.00 e. The van der Waals surface area contributed by atoms with Gasteiger partial charge >= 0.3 is 0 Å². The van der Waals surface area contributed by atoms with Crippen LogP contribution in [0.25, 0.3) is 16.9 Å². The zero-order valence-electron chi connectivity index (χ0n) is 28.7. The van der Waals surface area contributed by atoms with Gasteiger partial charge in [0.15, 0.2) is 5.52 Å². The van der Waals surface area contributed by atoms with Gasteiger partial charge in [-0.05, 0) is 81.1 Å². The van der Waals surface area contributed by atoms with Crippen LogP contribution in [0, 0.1) is 12.7 Å². The van der Waals surface area contributed by atoms with Crippen molar-refractivity contribution in [1.82, 2.24) is 14.5 Å². The number of fused-ring (bicyclic) bond motifs is 2. The van der Waals surface area contributed by atoms with Crippen LogP contribution in [0.3, 0.4) is 0 Å². The van der Waals surface area contributed by atoms with Crippen molar-refractivity contribution >= 4 is 28.4 Å². The Hall–Kier alpha value is -2.81. The van der Waals surface area contributed by atoms with Crippen LogP contribution in [-0.4, -0.2) is 20.6 Å². The van der Waals surface area contributed by atoms with Crippen molar-refractivity contribution in [1.29, 1.82) is 0 Å². The molecule has 0 N–H and O–H groups in total. The monoisotopic (exact) mass is 907 g/mol. The molecule has 46 heavy (non-hydrogen) atoms. The Morgan fingerprint density at radius 2 is 1.39 bits per heavy atom. The van der Waals surface area contributed by atoms with Crippen LogP contribution < -0.4 is 38.3 Å². The van der Waals surface area contributed by atoms with Gasteiger partial charge in [-0.1, -0.05) is 59.1 Å². The molecule has 1 aliphatic rings. The first kappa shape index (κ1) is 37.6. The summed E-state index contributed by atoms with van der Waals surface area (Å²) in [6.45, 7) is 24.2. The first-order valence-corrected chi connectivity index (χ1v) is 15.6. The molecule has 0 bridgehead atoms. The SMILES string of the molecule is CC(C)N1[CH-]N(c2[c-]cc(C(C)(C)C)cc2)c2ncccc21.CC(C)[n+]1cn(-c2ccc(C(C)(C)C)cc2)c2ncccc21.[I-].[Ir]. The first-order valence-electron chi connectivity index (χ1n) is 15.6. The Morgan fingerprint density at radius 3 is 1.96 bits per heavy atom. The van der Waals surface area contributed by atoms with Gasteiger partial charge in [0.25, 0.3) is 12.0 Å². The van der Waals surface area contributed by atoms with E-state index in [-0.39, 0.29) is 54.9 Å². The van der Waals surface area contributed by atoms with E-state index in [4.69, 9.17) is 0 Å². The van der Waals surface area contributed by atoms with Crippen LogP contribution in [0.15, 0.2) is 85.5 Å². The molecule has 8 heteroatoms. The molecule has 0 amide bonds. The number of hydrogen-bond acceptors (Lipinski definition) is 4. The minimum atomic E-state index is 0. The average molecular weight is 907 g/mol. The topological polar surface area (TPSA) is 41.1 Å². The molecule has 247 valence electrons. The van der Waals surface area contributed by atoms with Gasteiger partial charge in [0.05, 0.1) is 6.04 Å². The summed E-state index contributed by atoms with van der Waals surface area (Å²) in [5.41, 5.74) is 8.43. The minimum absolute atomic E-state index is 0. The van der Waals surface area contributed by atoms with E-state index in [1.54, 1.807) is 0 Å². The molecule has 2 aromatic carbocycles. The summed E-state index contributed by atoms with van der Waals surface area (Å²) in [4.78, 5) is 13.5. The summed E-state index contributed by atoms with van der Waals surface area (Å²) in [5.74, 6) is 0.968. The molecule has 3 aromatic heterocycles. The third kappa shape index (κ3) is 8.00. The largest absolute Gasteiger partial charge is 1.00 e. The molecule has 4 heterocycles. The standard InChI is InChI=1S/C19H24N3.C19H23N3.HI.Ir/c2*1-14(2)21-13-22(18-17(21)7-6-12-20-18)16-10-8-15(9-11-16)19(3,4)5;;/h6-14H,1-5H3;6-10,12-14H,1-5H3;1H;/q+1;-2;;/p-1. The number of pyridine rings is 2. The van der Waals surface area contributed by atoms with E-state index < -0.39 is 0 Å². The average Bonchev–Trinajstić information content (AvgIpc) is 3.57. The molecule has 1 radical (unpaired) electrons. The van der Waals surface area contributed by atoms with E-state index >= 15 is 0 Å². The Balaban J connectivity index is 0.000000240. The Kier molecular flexibility index (Phi) is 12.2. The molecule has 5 aromatic rings. The van der Waals surface area contributed by atoms with E-state index in [9.17, 15) is 0 Å². The number of halogens is 1. The molecule has 6 nitrogen and oxygen atoms in total. The second kappa shape index (κ2) is 15.0. The first-order chi connectivity index (χ1) is 20.8. The van der Waals surface area contributed by atoms with Crippen molar-refractivity contribution in [3.8, 4) is 5.69 Å². The predicted octanol–water partition coefficient (Wildman–Crippen LogP) is 5.86. The summed E-state index contributed by atoms with van der Waals surface area (Å²) < 4.78 is 4.43. The molecule has 0 fully saturated rings. The van der Waals surface area contributed by atoms with Crippen molar-refractivity contribution in [3.05, 3.63) is 109 Å². The summed E-state index contributed by atoms with van der Waals surface area (Å²) in [5, 5.41) is 0. The Labute approximate surface area is 306 Å².